The third-order valence-corrected chi connectivity index (χ3v) is 4.02. The molecule has 8 nitrogen and oxygen atoms in total. The predicted octanol–water partition coefficient (Wildman–Crippen LogP) is 2.86. The molecule has 2 N–H and O–H groups in total. The van der Waals surface area contributed by atoms with Crippen LogP contribution >= 0.6 is 0 Å². The van der Waals surface area contributed by atoms with E-state index in [0.717, 1.165) is 11.1 Å². The molecular weight excluding hydrogens is 370 g/mol. The first-order valence-corrected chi connectivity index (χ1v) is 9.06. The molecule has 0 spiro atoms. The third kappa shape index (κ3) is 5.83. The van der Waals surface area contributed by atoms with Gasteiger partial charge < -0.3 is 9.84 Å². The van der Waals surface area contributed by atoms with Crippen molar-refractivity contribution in [3.8, 4) is 11.4 Å². The van der Waals surface area contributed by atoms with E-state index >= 15 is 0 Å². The molecule has 8 heteroatoms. The molecule has 148 valence electrons. The molecule has 3 aromatic rings. The fourth-order valence-electron chi connectivity index (χ4n) is 2.46. The van der Waals surface area contributed by atoms with Gasteiger partial charge in [-0.15, -0.1) is 0 Å². The molecule has 0 saturated heterocycles. The summed E-state index contributed by atoms with van der Waals surface area (Å²) in [7, 11) is 0. The first kappa shape index (κ1) is 19.9. The number of aryl methyl sites for hydroxylation is 1. The van der Waals surface area contributed by atoms with Gasteiger partial charge in [0.25, 0.3) is 5.91 Å². The summed E-state index contributed by atoms with van der Waals surface area (Å²) in [6.45, 7) is 3.72. The summed E-state index contributed by atoms with van der Waals surface area (Å²) in [5, 5.41) is 10.6. The Hall–Kier alpha value is -3.81. The van der Waals surface area contributed by atoms with Crippen LogP contribution in [0.5, 0.6) is 0 Å². The van der Waals surface area contributed by atoms with Gasteiger partial charge in [-0.1, -0.05) is 53.2 Å². The van der Waals surface area contributed by atoms with Gasteiger partial charge in [-0.05, 0) is 26.0 Å². The second-order valence-electron chi connectivity index (χ2n) is 6.49. The van der Waals surface area contributed by atoms with Gasteiger partial charge in [0.1, 0.15) is 0 Å². The van der Waals surface area contributed by atoms with Crippen LogP contribution in [-0.4, -0.2) is 27.7 Å². The summed E-state index contributed by atoms with van der Waals surface area (Å²) >= 11 is 0. The highest BCUT2D eigenvalue weighted by Gasteiger charge is 2.11. The monoisotopic (exact) mass is 391 g/mol. The van der Waals surface area contributed by atoms with E-state index in [4.69, 9.17) is 4.52 Å². The molecule has 0 aliphatic carbocycles. The molecule has 0 aliphatic rings. The Bertz CT molecular complexity index is 1010. The number of hydrogen-bond donors (Lipinski definition) is 2. The van der Waals surface area contributed by atoms with Gasteiger partial charge in [0, 0.05) is 16.8 Å². The average molecular weight is 391 g/mol. The zero-order chi connectivity index (χ0) is 20.6. The number of carbonyl (C=O) groups is 2. The zero-order valence-corrected chi connectivity index (χ0v) is 16.2. The Morgan fingerprint density at radius 3 is 2.52 bits per heavy atom. The van der Waals surface area contributed by atoms with E-state index in [1.54, 1.807) is 19.1 Å². The molecular formula is C21H21N5O3. The number of hydrogen-bond acceptors (Lipinski definition) is 6. The maximum atomic E-state index is 12.1. The van der Waals surface area contributed by atoms with Crippen molar-refractivity contribution in [3.63, 3.8) is 0 Å². The van der Waals surface area contributed by atoms with Crippen LogP contribution in [0.15, 0.2) is 64.2 Å². The van der Waals surface area contributed by atoms with Crippen LogP contribution in [0.4, 0.5) is 0 Å². The molecule has 1 heterocycles. The summed E-state index contributed by atoms with van der Waals surface area (Å²) in [5.41, 5.74) is 5.32. The lowest BCUT2D eigenvalue weighted by Gasteiger charge is -2.04. The number of nitrogens with zero attached hydrogens (tertiary/aromatic N) is 3. The van der Waals surface area contributed by atoms with Gasteiger partial charge in [-0.25, -0.2) is 5.43 Å². The molecule has 3 rings (SSSR count). The van der Waals surface area contributed by atoms with E-state index in [1.807, 2.05) is 49.4 Å². The Morgan fingerprint density at radius 1 is 1.07 bits per heavy atom. The Morgan fingerprint density at radius 2 is 1.79 bits per heavy atom. The largest absolute Gasteiger partial charge is 0.347 e. The van der Waals surface area contributed by atoms with Gasteiger partial charge in [-0.2, -0.15) is 10.1 Å². The lowest BCUT2D eigenvalue weighted by molar-refractivity contribution is -0.120. The number of carbonyl (C=O) groups excluding carboxylic acids is 2. The van der Waals surface area contributed by atoms with Crippen LogP contribution in [-0.2, 0) is 11.3 Å². The molecule has 0 fully saturated rings. The van der Waals surface area contributed by atoms with Crippen LogP contribution in [0.3, 0.4) is 0 Å². The topological polar surface area (TPSA) is 109 Å². The molecule has 29 heavy (non-hydrogen) atoms. The molecule has 0 unspecified atom stereocenters. The van der Waals surface area contributed by atoms with E-state index in [-0.39, 0.29) is 24.8 Å². The number of rotatable bonds is 7. The molecule has 1 aromatic heterocycles. The van der Waals surface area contributed by atoms with Crippen molar-refractivity contribution < 1.29 is 14.1 Å². The maximum Gasteiger partial charge on any atom is 0.271 e. The lowest BCUT2D eigenvalue weighted by atomic mass is 10.1. The number of benzene rings is 2. The molecule has 0 atom stereocenters. The van der Waals surface area contributed by atoms with Crippen LogP contribution in [0, 0.1) is 6.92 Å². The van der Waals surface area contributed by atoms with E-state index < -0.39 is 0 Å². The smallest absolute Gasteiger partial charge is 0.271 e. The lowest BCUT2D eigenvalue weighted by Crippen LogP contribution is -2.26. The zero-order valence-electron chi connectivity index (χ0n) is 16.2. The van der Waals surface area contributed by atoms with Gasteiger partial charge in [0.15, 0.2) is 0 Å². The standard InChI is InChI=1S/C21H21N5O3/c1-14-8-10-17(11-9-14)21(28)25-24-15(2)12-18(27)22-13-19-23-20(26-29-19)16-6-4-3-5-7-16/h3-11H,12-13H2,1-2H3,(H,22,27)(H,25,28)/b24-15-. The first-order chi connectivity index (χ1) is 14.0. The van der Waals surface area contributed by atoms with Crippen LogP contribution < -0.4 is 10.7 Å². The summed E-state index contributed by atoms with van der Waals surface area (Å²) < 4.78 is 5.15. The summed E-state index contributed by atoms with van der Waals surface area (Å²) in [6.07, 6.45) is 0.0356. The fourth-order valence-corrected chi connectivity index (χ4v) is 2.46. The SMILES string of the molecule is C/C(CC(=O)NCc1nc(-c2ccccc2)no1)=N/NC(=O)c1ccc(C)cc1. The Balaban J connectivity index is 1.46. The van der Waals surface area contributed by atoms with Crippen molar-refractivity contribution >= 4 is 17.5 Å². The number of hydrazone groups is 1. The highest BCUT2D eigenvalue weighted by Crippen LogP contribution is 2.14. The van der Waals surface area contributed by atoms with E-state index in [9.17, 15) is 9.59 Å². The van der Waals surface area contributed by atoms with Gasteiger partial charge in [0.2, 0.25) is 17.6 Å². The van der Waals surface area contributed by atoms with Crippen LogP contribution in [0.2, 0.25) is 0 Å². The highest BCUT2D eigenvalue weighted by atomic mass is 16.5. The summed E-state index contributed by atoms with van der Waals surface area (Å²) in [4.78, 5) is 28.3. The Labute approximate surface area is 168 Å². The third-order valence-electron chi connectivity index (χ3n) is 4.02. The molecule has 2 aromatic carbocycles. The van der Waals surface area contributed by atoms with Crippen molar-refractivity contribution in [3.05, 3.63) is 71.6 Å². The normalized spacial score (nSPS) is 11.2. The summed E-state index contributed by atoms with van der Waals surface area (Å²) in [6, 6.07) is 16.5. The molecule has 0 aliphatic heterocycles. The molecule has 0 saturated carbocycles. The van der Waals surface area contributed by atoms with Gasteiger partial charge in [0.05, 0.1) is 13.0 Å². The van der Waals surface area contributed by atoms with Gasteiger partial charge in [-0.3, -0.25) is 9.59 Å². The van der Waals surface area contributed by atoms with E-state index in [0.29, 0.717) is 23.0 Å². The maximum absolute atomic E-state index is 12.1. The quantitative estimate of drug-likeness (QED) is 0.475. The molecule has 2 amide bonds. The Kier molecular flexibility index (Phi) is 6.47. The summed E-state index contributed by atoms with van der Waals surface area (Å²) in [5.74, 6) is 0.172. The number of amides is 2. The minimum absolute atomic E-state index is 0.0356. The van der Waals surface area contributed by atoms with E-state index in [1.165, 1.54) is 0 Å². The van der Waals surface area contributed by atoms with Crippen molar-refractivity contribution in [2.45, 2.75) is 26.8 Å². The second-order valence-corrected chi connectivity index (χ2v) is 6.49. The van der Waals surface area contributed by atoms with Gasteiger partial charge >= 0.3 is 0 Å². The second kappa shape index (κ2) is 9.41. The van der Waals surface area contributed by atoms with Crippen LogP contribution in [0.25, 0.3) is 11.4 Å². The minimum Gasteiger partial charge on any atom is -0.347 e. The predicted molar refractivity (Wildman–Crippen MR) is 108 cm³/mol. The minimum atomic E-state index is -0.330. The van der Waals surface area contributed by atoms with Crippen molar-refractivity contribution in [1.82, 2.24) is 20.9 Å². The van der Waals surface area contributed by atoms with E-state index in [2.05, 4.69) is 26.0 Å². The average Bonchev–Trinajstić information content (AvgIpc) is 3.21. The molecule has 0 radical (unpaired) electrons. The van der Waals surface area contributed by atoms with Crippen molar-refractivity contribution in [2.24, 2.45) is 5.10 Å². The van der Waals surface area contributed by atoms with Crippen molar-refractivity contribution in [1.29, 1.82) is 0 Å². The van der Waals surface area contributed by atoms with Crippen LogP contribution in [0.1, 0.15) is 35.2 Å². The van der Waals surface area contributed by atoms with Crippen molar-refractivity contribution in [2.75, 3.05) is 0 Å². The number of aromatic nitrogens is 2. The number of nitrogens with one attached hydrogen (secondary N) is 2. The molecule has 0 bridgehead atoms. The highest BCUT2D eigenvalue weighted by molar-refractivity contribution is 6.01. The fraction of sp³-hybridized carbons (Fsp3) is 0.190. The first-order valence-electron chi connectivity index (χ1n) is 9.06.